The Morgan fingerprint density at radius 1 is 1.42 bits per heavy atom. The van der Waals surface area contributed by atoms with E-state index in [0.29, 0.717) is 28.6 Å². The summed E-state index contributed by atoms with van der Waals surface area (Å²) in [6, 6.07) is 4.91. The van der Waals surface area contributed by atoms with Gasteiger partial charge in [0.25, 0.3) is 0 Å². The third-order valence-corrected chi connectivity index (χ3v) is 2.87. The summed E-state index contributed by atoms with van der Waals surface area (Å²) in [6.45, 7) is 0.487. The van der Waals surface area contributed by atoms with Gasteiger partial charge < -0.3 is 19.9 Å². The van der Waals surface area contributed by atoms with Crippen LogP contribution in [0.2, 0.25) is 10.0 Å². The van der Waals surface area contributed by atoms with Crippen LogP contribution in [0.1, 0.15) is 18.1 Å². The number of methoxy groups -OCH3 is 1. The summed E-state index contributed by atoms with van der Waals surface area (Å²) in [5.41, 5.74) is 5.64. The van der Waals surface area contributed by atoms with Crippen LogP contribution in [-0.2, 0) is 14.2 Å². The van der Waals surface area contributed by atoms with Crippen LogP contribution in [0.5, 0.6) is 0 Å². The maximum absolute atomic E-state index is 10.9. The molecule has 1 amide bonds. The number of nitrogens with two attached hydrogens (primary N) is 1. The molecule has 0 aliphatic carbocycles. The molecular weight excluding hydrogens is 293 g/mol. The van der Waals surface area contributed by atoms with E-state index in [9.17, 15) is 4.79 Å². The number of halogens is 2. The Kier molecular flexibility index (Phi) is 6.94. The van der Waals surface area contributed by atoms with Crippen LogP contribution in [0.15, 0.2) is 18.2 Å². The van der Waals surface area contributed by atoms with E-state index < -0.39 is 12.2 Å². The lowest BCUT2D eigenvalue weighted by Gasteiger charge is -2.18. The van der Waals surface area contributed by atoms with Gasteiger partial charge in [0.1, 0.15) is 12.9 Å². The van der Waals surface area contributed by atoms with E-state index in [1.807, 2.05) is 0 Å². The predicted octanol–water partition coefficient (Wildman–Crippen LogP) is 3.14. The van der Waals surface area contributed by atoms with Crippen molar-refractivity contribution < 1.29 is 19.0 Å². The highest BCUT2D eigenvalue weighted by Crippen LogP contribution is 2.30. The Hall–Kier alpha value is -1.01. The molecule has 0 heterocycles. The maximum atomic E-state index is 10.9. The molecule has 106 valence electrons. The Bertz CT molecular complexity index is 428. The van der Waals surface area contributed by atoms with E-state index in [-0.39, 0.29) is 6.79 Å². The maximum Gasteiger partial charge on any atom is 0.405 e. The van der Waals surface area contributed by atoms with Crippen molar-refractivity contribution in [3.63, 3.8) is 0 Å². The van der Waals surface area contributed by atoms with Crippen LogP contribution in [0.4, 0.5) is 4.79 Å². The molecule has 1 rings (SSSR count). The highest BCUT2D eigenvalue weighted by atomic mass is 35.5. The van der Waals surface area contributed by atoms with Crippen molar-refractivity contribution in [2.75, 3.05) is 20.5 Å². The van der Waals surface area contributed by atoms with E-state index in [1.165, 1.54) is 7.11 Å². The third-order valence-electron chi connectivity index (χ3n) is 2.29. The number of carbonyl (C=O) groups excluding carboxylic acids is 1. The molecule has 0 bridgehead atoms. The second-order valence-corrected chi connectivity index (χ2v) is 4.54. The molecule has 0 saturated carbocycles. The van der Waals surface area contributed by atoms with Gasteiger partial charge in [-0.05, 0) is 18.2 Å². The standard InChI is InChI=1S/C12H15Cl2NO4/c1-17-7-18-5-4-11(19-12(15)16)9-6-8(13)2-3-10(9)14/h2-3,6,11H,4-5,7H2,1H3,(H2,15,16). The van der Waals surface area contributed by atoms with Gasteiger partial charge in [-0.3, -0.25) is 0 Å². The van der Waals surface area contributed by atoms with Gasteiger partial charge in [0.05, 0.1) is 6.61 Å². The van der Waals surface area contributed by atoms with E-state index in [2.05, 4.69) is 0 Å². The highest BCUT2D eigenvalue weighted by molar-refractivity contribution is 6.33. The second-order valence-electron chi connectivity index (χ2n) is 3.69. The van der Waals surface area contributed by atoms with Crippen molar-refractivity contribution in [1.82, 2.24) is 0 Å². The first-order valence-corrected chi connectivity index (χ1v) is 6.28. The van der Waals surface area contributed by atoms with E-state index in [0.717, 1.165) is 0 Å². The van der Waals surface area contributed by atoms with Gasteiger partial charge in [0, 0.05) is 29.1 Å². The SMILES string of the molecule is COCOCCC(OC(N)=O)c1cc(Cl)ccc1Cl. The molecule has 0 fully saturated rings. The topological polar surface area (TPSA) is 70.8 Å². The minimum Gasteiger partial charge on any atom is -0.441 e. The van der Waals surface area contributed by atoms with E-state index in [4.69, 9.17) is 43.1 Å². The molecule has 7 heteroatoms. The van der Waals surface area contributed by atoms with Crippen molar-refractivity contribution in [3.05, 3.63) is 33.8 Å². The highest BCUT2D eigenvalue weighted by Gasteiger charge is 2.18. The lowest BCUT2D eigenvalue weighted by Crippen LogP contribution is -2.19. The first kappa shape index (κ1) is 16.0. The van der Waals surface area contributed by atoms with Crippen molar-refractivity contribution in [2.24, 2.45) is 5.73 Å². The predicted molar refractivity (Wildman–Crippen MR) is 72.3 cm³/mol. The molecule has 0 saturated heterocycles. The number of ether oxygens (including phenoxy) is 3. The molecule has 0 spiro atoms. The second kappa shape index (κ2) is 8.22. The van der Waals surface area contributed by atoms with Gasteiger partial charge in [-0.2, -0.15) is 0 Å². The number of rotatable bonds is 7. The first-order valence-electron chi connectivity index (χ1n) is 5.52. The molecule has 1 aromatic carbocycles. The minimum absolute atomic E-state index is 0.159. The smallest absolute Gasteiger partial charge is 0.405 e. The summed E-state index contributed by atoms with van der Waals surface area (Å²) >= 11 is 12.0. The van der Waals surface area contributed by atoms with Gasteiger partial charge >= 0.3 is 6.09 Å². The van der Waals surface area contributed by atoms with Gasteiger partial charge in [0.15, 0.2) is 0 Å². The first-order chi connectivity index (χ1) is 9.04. The Morgan fingerprint density at radius 2 is 2.16 bits per heavy atom. The Labute approximate surface area is 121 Å². The van der Waals surface area contributed by atoms with Crippen LogP contribution in [-0.4, -0.2) is 26.6 Å². The lowest BCUT2D eigenvalue weighted by atomic mass is 10.1. The molecule has 5 nitrogen and oxygen atoms in total. The summed E-state index contributed by atoms with van der Waals surface area (Å²) in [4.78, 5) is 10.9. The Morgan fingerprint density at radius 3 is 2.79 bits per heavy atom. The van der Waals surface area contributed by atoms with Crippen molar-refractivity contribution in [1.29, 1.82) is 0 Å². The summed E-state index contributed by atoms with van der Waals surface area (Å²) < 4.78 is 14.9. The van der Waals surface area contributed by atoms with Crippen LogP contribution >= 0.6 is 23.2 Å². The van der Waals surface area contributed by atoms with Crippen LogP contribution in [0.25, 0.3) is 0 Å². The quantitative estimate of drug-likeness (QED) is 0.620. The molecule has 2 N–H and O–H groups in total. The molecule has 0 radical (unpaired) electrons. The zero-order chi connectivity index (χ0) is 14.3. The fraction of sp³-hybridized carbons (Fsp3) is 0.417. The summed E-state index contributed by atoms with van der Waals surface area (Å²) in [5, 5.41) is 0.942. The molecule has 19 heavy (non-hydrogen) atoms. The number of benzene rings is 1. The third kappa shape index (κ3) is 5.65. The zero-order valence-corrected chi connectivity index (χ0v) is 11.9. The molecular formula is C12H15Cl2NO4. The molecule has 1 unspecified atom stereocenters. The minimum atomic E-state index is -0.882. The van der Waals surface area contributed by atoms with Crippen LogP contribution in [0, 0.1) is 0 Å². The molecule has 0 aromatic heterocycles. The van der Waals surface area contributed by atoms with E-state index >= 15 is 0 Å². The van der Waals surface area contributed by atoms with Crippen molar-refractivity contribution >= 4 is 29.3 Å². The van der Waals surface area contributed by atoms with Crippen molar-refractivity contribution in [2.45, 2.75) is 12.5 Å². The normalized spacial score (nSPS) is 12.2. The van der Waals surface area contributed by atoms with E-state index in [1.54, 1.807) is 18.2 Å². The molecule has 0 aliphatic heterocycles. The van der Waals surface area contributed by atoms with Gasteiger partial charge in [-0.1, -0.05) is 23.2 Å². The largest absolute Gasteiger partial charge is 0.441 e. The van der Waals surface area contributed by atoms with Gasteiger partial charge in [-0.15, -0.1) is 0 Å². The summed E-state index contributed by atoms with van der Waals surface area (Å²) in [6.07, 6.45) is -1.10. The number of hydrogen-bond donors (Lipinski definition) is 1. The van der Waals surface area contributed by atoms with Gasteiger partial charge in [0.2, 0.25) is 0 Å². The fourth-order valence-corrected chi connectivity index (χ4v) is 1.93. The average molecular weight is 308 g/mol. The number of amides is 1. The van der Waals surface area contributed by atoms with Crippen LogP contribution in [0.3, 0.4) is 0 Å². The Balaban J connectivity index is 2.77. The average Bonchev–Trinajstić information content (AvgIpc) is 2.36. The van der Waals surface area contributed by atoms with Crippen LogP contribution < -0.4 is 5.73 Å². The zero-order valence-electron chi connectivity index (χ0n) is 10.4. The summed E-state index contributed by atoms with van der Waals surface area (Å²) in [7, 11) is 1.52. The number of primary amides is 1. The number of carbonyl (C=O) groups is 1. The molecule has 0 aliphatic rings. The molecule has 1 aromatic rings. The summed E-state index contributed by atoms with van der Waals surface area (Å²) in [5.74, 6) is 0. The number of hydrogen-bond acceptors (Lipinski definition) is 4. The monoisotopic (exact) mass is 307 g/mol. The fourth-order valence-electron chi connectivity index (χ4n) is 1.51. The van der Waals surface area contributed by atoms with Crippen molar-refractivity contribution in [3.8, 4) is 0 Å². The molecule has 1 atom stereocenters. The van der Waals surface area contributed by atoms with Gasteiger partial charge in [-0.25, -0.2) is 4.79 Å². The lowest BCUT2D eigenvalue weighted by molar-refractivity contribution is -0.0407.